The highest BCUT2D eigenvalue weighted by Crippen LogP contribution is 2.37. The molecule has 1 aromatic carbocycles. The molecule has 0 fully saturated rings. The van der Waals surface area contributed by atoms with Crippen molar-refractivity contribution in [1.82, 2.24) is 5.32 Å². The average Bonchev–Trinajstić information content (AvgIpc) is 2.98. The van der Waals surface area contributed by atoms with Crippen LogP contribution in [0.25, 0.3) is 0 Å². The van der Waals surface area contributed by atoms with E-state index in [-0.39, 0.29) is 6.04 Å². The van der Waals surface area contributed by atoms with E-state index in [2.05, 4.69) is 29.6 Å². The minimum absolute atomic E-state index is 0.116. The Balaban J connectivity index is 2.09. The molecule has 19 heavy (non-hydrogen) atoms. The van der Waals surface area contributed by atoms with Gasteiger partial charge in [-0.1, -0.05) is 18.2 Å². The SMILES string of the molecule is CNC(c1cc(C)oc1C)c1cccc2c1OCC2. The molecule has 0 saturated carbocycles. The van der Waals surface area contributed by atoms with Gasteiger partial charge in [0, 0.05) is 17.5 Å². The Morgan fingerprint density at radius 1 is 1.21 bits per heavy atom. The summed E-state index contributed by atoms with van der Waals surface area (Å²) in [5, 5.41) is 3.38. The van der Waals surface area contributed by atoms with Crippen LogP contribution in [0, 0.1) is 13.8 Å². The van der Waals surface area contributed by atoms with Crippen LogP contribution in [0.5, 0.6) is 5.75 Å². The topological polar surface area (TPSA) is 34.4 Å². The Bertz CT molecular complexity index is 601. The lowest BCUT2D eigenvalue weighted by atomic mass is 9.96. The third-order valence-corrected chi connectivity index (χ3v) is 3.73. The highest BCUT2D eigenvalue weighted by Gasteiger charge is 2.24. The first kappa shape index (κ1) is 12.3. The van der Waals surface area contributed by atoms with Crippen LogP contribution in [0.4, 0.5) is 0 Å². The van der Waals surface area contributed by atoms with Gasteiger partial charge in [-0.05, 0) is 32.5 Å². The molecule has 1 aromatic heterocycles. The predicted octanol–water partition coefficient (Wildman–Crippen LogP) is 3.14. The minimum Gasteiger partial charge on any atom is -0.493 e. The monoisotopic (exact) mass is 257 g/mol. The molecule has 1 unspecified atom stereocenters. The summed E-state index contributed by atoms with van der Waals surface area (Å²) in [7, 11) is 1.97. The molecule has 3 heteroatoms. The van der Waals surface area contributed by atoms with Crippen molar-refractivity contribution in [3.8, 4) is 5.75 Å². The Morgan fingerprint density at radius 3 is 2.74 bits per heavy atom. The van der Waals surface area contributed by atoms with Crippen molar-refractivity contribution in [1.29, 1.82) is 0 Å². The summed E-state index contributed by atoms with van der Waals surface area (Å²) >= 11 is 0. The van der Waals surface area contributed by atoms with Gasteiger partial charge in [0.25, 0.3) is 0 Å². The van der Waals surface area contributed by atoms with Crippen molar-refractivity contribution >= 4 is 0 Å². The normalized spacial score (nSPS) is 15.1. The Kier molecular flexibility index (Phi) is 3.07. The molecule has 3 rings (SSSR count). The van der Waals surface area contributed by atoms with E-state index in [1.165, 1.54) is 16.7 Å². The molecule has 1 atom stereocenters. The lowest BCUT2D eigenvalue weighted by Gasteiger charge is -2.18. The van der Waals surface area contributed by atoms with Crippen LogP contribution in [0.2, 0.25) is 0 Å². The Hall–Kier alpha value is -1.74. The summed E-state index contributed by atoms with van der Waals surface area (Å²) in [4.78, 5) is 0. The molecule has 0 radical (unpaired) electrons. The molecule has 1 N–H and O–H groups in total. The van der Waals surface area contributed by atoms with Crippen molar-refractivity contribution in [3.05, 3.63) is 52.5 Å². The summed E-state index contributed by atoms with van der Waals surface area (Å²) in [6, 6.07) is 8.60. The van der Waals surface area contributed by atoms with E-state index in [0.29, 0.717) is 0 Å². The second-order valence-electron chi connectivity index (χ2n) is 5.02. The van der Waals surface area contributed by atoms with E-state index in [1.807, 2.05) is 20.9 Å². The molecule has 0 amide bonds. The number of hydrogen-bond donors (Lipinski definition) is 1. The molecule has 2 heterocycles. The van der Waals surface area contributed by atoms with Crippen molar-refractivity contribution in [3.63, 3.8) is 0 Å². The van der Waals surface area contributed by atoms with Gasteiger partial charge in [-0.25, -0.2) is 0 Å². The summed E-state index contributed by atoms with van der Waals surface area (Å²) in [6.07, 6.45) is 1.00. The van der Waals surface area contributed by atoms with Gasteiger partial charge in [-0.3, -0.25) is 0 Å². The fourth-order valence-electron chi connectivity index (χ4n) is 2.88. The predicted molar refractivity (Wildman–Crippen MR) is 74.7 cm³/mol. The molecule has 100 valence electrons. The molecule has 1 aliphatic heterocycles. The summed E-state index contributed by atoms with van der Waals surface area (Å²) in [5.74, 6) is 2.95. The van der Waals surface area contributed by atoms with Crippen LogP contribution in [0.1, 0.15) is 34.3 Å². The number of hydrogen-bond acceptors (Lipinski definition) is 3. The van der Waals surface area contributed by atoms with Gasteiger partial charge in [0.15, 0.2) is 0 Å². The zero-order chi connectivity index (χ0) is 13.4. The largest absolute Gasteiger partial charge is 0.493 e. The fourth-order valence-corrected chi connectivity index (χ4v) is 2.88. The third-order valence-electron chi connectivity index (χ3n) is 3.73. The zero-order valence-electron chi connectivity index (χ0n) is 11.6. The van der Waals surface area contributed by atoms with Crippen molar-refractivity contribution in [2.45, 2.75) is 26.3 Å². The molecular weight excluding hydrogens is 238 g/mol. The number of aryl methyl sites for hydroxylation is 2. The summed E-state index contributed by atoms with van der Waals surface area (Å²) in [6.45, 7) is 4.78. The quantitative estimate of drug-likeness (QED) is 0.917. The highest BCUT2D eigenvalue weighted by atomic mass is 16.5. The van der Waals surface area contributed by atoms with E-state index >= 15 is 0 Å². The molecule has 0 aliphatic carbocycles. The van der Waals surface area contributed by atoms with Crippen LogP contribution in [-0.2, 0) is 6.42 Å². The minimum atomic E-state index is 0.116. The first-order valence-corrected chi connectivity index (χ1v) is 6.69. The van der Waals surface area contributed by atoms with E-state index in [4.69, 9.17) is 9.15 Å². The average molecular weight is 257 g/mol. The maximum absolute atomic E-state index is 5.81. The van der Waals surface area contributed by atoms with Crippen LogP contribution >= 0.6 is 0 Å². The molecule has 3 nitrogen and oxygen atoms in total. The summed E-state index contributed by atoms with van der Waals surface area (Å²) in [5.41, 5.74) is 3.68. The molecule has 1 aliphatic rings. The number of fused-ring (bicyclic) bond motifs is 1. The Morgan fingerprint density at radius 2 is 2.05 bits per heavy atom. The van der Waals surface area contributed by atoms with Crippen LogP contribution in [0.15, 0.2) is 28.7 Å². The van der Waals surface area contributed by atoms with Gasteiger partial charge in [0.05, 0.1) is 12.6 Å². The van der Waals surface area contributed by atoms with Gasteiger partial charge >= 0.3 is 0 Å². The number of ether oxygens (including phenoxy) is 1. The highest BCUT2D eigenvalue weighted by molar-refractivity contribution is 5.49. The molecule has 0 saturated heterocycles. The van der Waals surface area contributed by atoms with Gasteiger partial charge in [-0.2, -0.15) is 0 Å². The molecule has 0 bridgehead atoms. The summed E-state index contributed by atoms with van der Waals surface area (Å²) < 4.78 is 11.5. The van der Waals surface area contributed by atoms with Crippen LogP contribution in [-0.4, -0.2) is 13.7 Å². The zero-order valence-corrected chi connectivity index (χ0v) is 11.6. The van der Waals surface area contributed by atoms with Gasteiger partial charge in [0.2, 0.25) is 0 Å². The number of nitrogens with one attached hydrogen (secondary N) is 1. The van der Waals surface area contributed by atoms with Gasteiger partial charge in [-0.15, -0.1) is 0 Å². The number of benzene rings is 1. The third kappa shape index (κ3) is 2.04. The van der Waals surface area contributed by atoms with Crippen LogP contribution < -0.4 is 10.1 Å². The van der Waals surface area contributed by atoms with Crippen molar-refractivity contribution in [2.75, 3.05) is 13.7 Å². The second-order valence-corrected chi connectivity index (χ2v) is 5.02. The standard InChI is InChI=1S/C16H19NO2/c1-10-9-14(11(2)19-10)15(17-3)13-6-4-5-12-7-8-18-16(12)13/h4-6,9,15,17H,7-8H2,1-3H3. The van der Waals surface area contributed by atoms with Gasteiger partial charge < -0.3 is 14.5 Å². The second kappa shape index (κ2) is 4.74. The first-order valence-electron chi connectivity index (χ1n) is 6.69. The van der Waals surface area contributed by atoms with Crippen molar-refractivity contribution in [2.24, 2.45) is 0 Å². The maximum atomic E-state index is 5.81. The lowest BCUT2D eigenvalue weighted by molar-refractivity contribution is 0.351. The van der Waals surface area contributed by atoms with E-state index in [9.17, 15) is 0 Å². The smallest absolute Gasteiger partial charge is 0.127 e. The first-order chi connectivity index (χ1) is 9.20. The molecule has 0 spiro atoms. The number of furan rings is 1. The van der Waals surface area contributed by atoms with E-state index < -0.39 is 0 Å². The van der Waals surface area contributed by atoms with Gasteiger partial charge in [0.1, 0.15) is 17.3 Å². The fraction of sp³-hybridized carbons (Fsp3) is 0.375. The molecular formula is C16H19NO2. The number of para-hydroxylation sites is 1. The lowest BCUT2D eigenvalue weighted by Crippen LogP contribution is -2.18. The van der Waals surface area contributed by atoms with Crippen LogP contribution in [0.3, 0.4) is 0 Å². The Labute approximate surface area is 113 Å². The van der Waals surface area contributed by atoms with E-state index in [1.54, 1.807) is 0 Å². The number of rotatable bonds is 3. The van der Waals surface area contributed by atoms with E-state index in [0.717, 1.165) is 30.3 Å². The molecule has 2 aromatic rings. The van der Waals surface area contributed by atoms with Crippen molar-refractivity contribution < 1.29 is 9.15 Å². The maximum Gasteiger partial charge on any atom is 0.127 e.